The number of aliphatic hydroxyl groups is 2. The molecule has 382 valence electrons. The molecule has 0 aliphatic heterocycles. The van der Waals surface area contributed by atoms with Gasteiger partial charge < -0.3 is 20.3 Å². The minimum absolute atomic E-state index is 0.00184. The third-order valence-electron chi connectivity index (χ3n) is 13.2. The molecule has 2 atom stereocenters. The van der Waals surface area contributed by atoms with E-state index in [1.165, 1.54) is 225 Å². The Hall–Kier alpha value is -1.92. The first kappa shape index (κ1) is 63.1. The van der Waals surface area contributed by atoms with Crippen LogP contribution in [0.15, 0.2) is 36.5 Å². The zero-order chi connectivity index (χ0) is 47.2. The number of unbranched alkanes of at least 4 members (excludes halogenated alkanes) is 38. The molecule has 0 fully saturated rings. The summed E-state index contributed by atoms with van der Waals surface area (Å²) < 4.78 is 5.49. The molecule has 1 amide bonds. The van der Waals surface area contributed by atoms with Crippen LogP contribution in [0.2, 0.25) is 0 Å². The van der Waals surface area contributed by atoms with E-state index < -0.39 is 12.1 Å². The van der Waals surface area contributed by atoms with E-state index in [0.29, 0.717) is 19.4 Å². The number of carbonyl (C=O) groups is 2. The Morgan fingerprint density at radius 3 is 1.20 bits per heavy atom. The Morgan fingerprint density at radius 1 is 0.431 bits per heavy atom. The average molecular weight is 915 g/mol. The molecule has 0 aromatic carbocycles. The number of hydrogen-bond donors (Lipinski definition) is 3. The van der Waals surface area contributed by atoms with Crippen molar-refractivity contribution in [2.75, 3.05) is 13.2 Å². The minimum atomic E-state index is -0.849. The van der Waals surface area contributed by atoms with Crippen LogP contribution in [0, 0.1) is 0 Å². The van der Waals surface area contributed by atoms with E-state index in [1.807, 2.05) is 6.08 Å². The molecule has 0 aliphatic rings. The summed E-state index contributed by atoms with van der Waals surface area (Å²) in [6, 6.07) is -0.633. The van der Waals surface area contributed by atoms with Crippen LogP contribution in [0.5, 0.6) is 0 Å². The highest BCUT2D eigenvalue weighted by molar-refractivity contribution is 5.76. The second-order valence-electron chi connectivity index (χ2n) is 19.6. The number of amides is 1. The fourth-order valence-electron chi connectivity index (χ4n) is 8.72. The summed E-state index contributed by atoms with van der Waals surface area (Å²) in [7, 11) is 0. The number of rotatable bonds is 53. The van der Waals surface area contributed by atoms with Gasteiger partial charge in [-0.25, -0.2) is 0 Å². The number of carbonyl (C=O) groups excluding carboxylic acids is 2. The number of nitrogens with one attached hydrogen (secondary N) is 1. The van der Waals surface area contributed by atoms with Crippen LogP contribution in [-0.4, -0.2) is 47.4 Å². The highest BCUT2D eigenvalue weighted by atomic mass is 16.5. The molecule has 6 nitrogen and oxygen atoms in total. The van der Waals surface area contributed by atoms with Crippen molar-refractivity contribution in [1.29, 1.82) is 0 Å². The van der Waals surface area contributed by atoms with E-state index in [2.05, 4.69) is 43.5 Å². The lowest BCUT2D eigenvalue weighted by Crippen LogP contribution is -2.45. The molecule has 0 spiro atoms. The fourth-order valence-corrected chi connectivity index (χ4v) is 8.72. The van der Waals surface area contributed by atoms with Crippen molar-refractivity contribution < 1.29 is 24.5 Å². The first-order chi connectivity index (χ1) is 32.0. The summed E-state index contributed by atoms with van der Waals surface area (Å²) in [6.45, 7) is 4.86. The standard InChI is InChI=1S/C59H111NO5/c1-3-5-7-9-11-13-15-17-18-19-20-21-25-29-33-37-41-45-49-53-59(64)65-54-50-46-42-38-34-30-26-23-22-24-28-32-36-40-44-48-52-58(63)60-56(55-61)57(62)51-47-43-39-35-31-27-16-14-12-10-8-6-4-2/h11,13,17-18,47,51,56-57,61-62H,3-10,12,14-16,19-46,48-50,52-55H2,1-2H3,(H,60,63)/b13-11-,18-17-,51-47+. The lowest BCUT2D eigenvalue weighted by molar-refractivity contribution is -0.143. The number of aliphatic hydroxyl groups excluding tert-OH is 2. The predicted octanol–water partition coefficient (Wildman–Crippen LogP) is 17.6. The van der Waals surface area contributed by atoms with Gasteiger partial charge in [-0.2, -0.15) is 0 Å². The number of esters is 1. The van der Waals surface area contributed by atoms with Gasteiger partial charge in [-0.15, -0.1) is 0 Å². The van der Waals surface area contributed by atoms with Gasteiger partial charge in [-0.3, -0.25) is 9.59 Å². The first-order valence-electron chi connectivity index (χ1n) is 28.8. The smallest absolute Gasteiger partial charge is 0.305 e. The third-order valence-corrected chi connectivity index (χ3v) is 13.2. The average Bonchev–Trinajstić information content (AvgIpc) is 3.31. The van der Waals surface area contributed by atoms with Crippen molar-refractivity contribution in [2.45, 2.75) is 315 Å². The molecule has 0 rings (SSSR count). The Kier molecular flexibility index (Phi) is 53.1. The second-order valence-corrected chi connectivity index (χ2v) is 19.6. The van der Waals surface area contributed by atoms with Gasteiger partial charge >= 0.3 is 5.97 Å². The predicted molar refractivity (Wildman–Crippen MR) is 283 cm³/mol. The molecule has 0 heterocycles. The van der Waals surface area contributed by atoms with Gasteiger partial charge in [0.05, 0.1) is 25.4 Å². The maximum Gasteiger partial charge on any atom is 0.305 e. The van der Waals surface area contributed by atoms with Crippen LogP contribution in [0.3, 0.4) is 0 Å². The van der Waals surface area contributed by atoms with Crippen LogP contribution >= 0.6 is 0 Å². The Balaban J connectivity index is 3.43. The van der Waals surface area contributed by atoms with Gasteiger partial charge in [-0.1, -0.05) is 262 Å². The quantitative estimate of drug-likeness (QED) is 0.0321. The van der Waals surface area contributed by atoms with Gasteiger partial charge in [0, 0.05) is 12.8 Å². The summed E-state index contributed by atoms with van der Waals surface area (Å²) >= 11 is 0. The maximum absolute atomic E-state index is 12.4. The van der Waals surface area contributed by atoms with Crippen LogP contribution in [0.1, 0.15) is 303 Å². The lowest BCUT2D eigenvalue weighted by Gasteiger charge is -2.20. The molecular weight excluding hydrogens is 803 g/mol. The normalized spacial score (nSPS) is 12.9. The lowest BCUT2D eigenvalue weighted by atomic mass is 10.0. The van der Waals surface area contributed by atoms with Gasteiger partial charge in [0.25, 0.3) is 0 Å². The van der Waals surface area contributed by atoms with E-state index >= 15 is 0 Å². The first-order valence-corrected chi connectivity index (χ1v) is 28.8. The van der Waals surface area contributed by atoms with Crippen molar-refractivity contribution in [3.8, 4) is 0 Å². The van der Waals surface area contributed by atoms with E-state index in [1.54, 1.807) is 6.08 Å². The number of allylic oxidation sites excluding steroid dienone is 5. The topological polar surface area (TPSA) is 95.9 Å². The van der Waals surface area contributed by atoms with E-state index in [9.17, 15) is 19.8 Å². The van der Waals surface area contributed by atoms with Crippen molar-refractivity contribution in [2.24, 2.45) is 0 Å². The molecule has 0 aromatic heterocycles. The van der Waals surface area contributed by atoms with Crippen molar-refractivity contribution in [3.63, 3.8) is 0 Å². The number of hydrogen-bond acceptors (Lipinski definition) is 5. The van der Waals surface area contributed by atoms with Gasteiger partial charge in [-0.05, 0) is 64.2 Å². The van der Waals surface area contributed by atoms with Crippen LogP contribution in [0.25, 0.3) is 0 Å². The monoisotopic (exact) mass is 914 g/mol. The summed E-state index contributed by atoms with van der Waals surface area (Å²) in [6.07, 6.45) is 67.3. The molecular formula is C59H111NO5. The van der Waals surface area contributed by atoms with Gasteiger partial charge in [0.15, 0.2) is 0 Å². The molecule has 6 heteroatoms. The molecule has 0 saturated heterocycles. The highest BCUT2D eigenvalue weighted by Crippen LogP contribution is 2.16. The third kappa shape index (κ3) is 51.3. The van der Waals surface area contributed by atoms with Gasteiger partial charge in [0.1, 0.15) is 0 Å². The largest absolute Gasteiger partial charge is 0.466 e. The Morgan fingerprint density at radius 2 is 0.769 bits per heavy atom. The molecule has 3 N–H and O–H groups in total. The minimum Gasteiger partial charge on any atom is -0.466 e. The maximum atomic E-state index is 12.4. The van der Waals surface area contributed by atoms with Crippen molar-refractivity contribution in [3.05, 3.63) is 36.5 Å². The van der Waals surface area contributed by atoms with Crippen molar-refractivity contribution in [1.82, 2.24) is 5.32 Å². The molecule has 65 heavy (non-hydrogen) atoms. The summed E-state index contributed by atoms with van der Waals surface area (Å²) in [5.74, 6) is -0.0769. The zero-order valence-electron chi connectivity index (χ0n) is 43.5. The van der Waals surface area contributed by atoms with Crippen molar-refractivity contribution >= 4 is 11.9 Å². The molecule has 0 radical (unpaired) electrons. The Labute approximate surface area is 404 Å². The molecule has 0 aromatic rings. The molecule has 0 aliphatic carbocycles. The summed E-state index contributed by atoms with van der Waals surface area (Å²) in [5, 5.41) is 23.1. The van der Waals surface area contributed by atoms with Gasteiger partial charge in [0.2, 0.25) is 5.91 Å². The Bertz CT molecular complexity index is 1060. The SMILES string of the molecule is CCCCC/C=C\C/C=C\CCCCCCCCCCCC(=O)OCCCCCCCCCCCCCCCCCCC(=O)NC(CO)C(O)/C=C/CCCCCCCCCCCCC. The number of ether oxygens (including phenoxy) is 1. The van der Waals surface area contributed by atoms with E-state index in [0.717, 1.165) is 51.4 Å². The molecule has 0 saturated carbocycles. The summed E-state index contributed by atoms with van der Waals surface area (Å²) in [5.41, 5.74) is 0. The zero-order valence-corrected chi connectivity index (χ0v) is 43.5. The molecule has 0 bridgehead atoms. The fraction of sp³-hybridized carbons (Fsp3) is 0.864. The molecule has 2 unspecified atom stereocenters. The van der Waals surface area contributed by atoms with E-state index in [4.69, 9.17) is 4.74 Å². The summed E-state index contributed by atoms with van der Waals surface area (Å²) in [4.78, 5) is 24.5. The van der Waals surface area contributed by atoms with E-state index in [-0.39, 0.29) is 18.5 Å². The van der Waals surface area contributed by atoms with Crippen LogP contribution in [-0.2, 0) is 14.3 Å². The van der Waals surface area contributed by atoms with Crippen LogP contribution in [0.4, 0.5) is 0 Å². The highest BCUT2D eigenvalue weighted by Gasteiger charge is 2.18. The second kappa shape index (κ2) is 54.7. The van der Waals surface area contributed by atoms with Crippen LogP contribution < -0.4 is 5.32 Å².